The second-order valence-corrected chi connectivity index (χ2v) is 13.3. The summed E-state index contributed by atoms with van der Waals surface area (Å²) in [5.41, 5.74) is 10.2. The molecule has 0 fully saturated rings. The van der Waals surface area contributed by atoms with Crippen molar-refractivity contribution in [3.8, 4) is 5.75 Å². The highest BCUT2D eigenvalue weighted by molar-refractivity contribution is 7.86. The number of azo groups is 2. The van der Waals surface area contributed by atoms with Crippen LogP contribution in [0.2, 0.25) is 0 Å². The highest BCUT2D eigenvalue weighted by Crippen LogP contribution is 2.47. The second kappa shape index (κ2) is 10.9. The first-order valence-corrected chi connectivity index (χ1v) is 16.0. The lowest BCUT2D eigenvalue weighted by Crippen LogP contribution is -2.02. The van der Waals surface area contributed by atoms with Gasteiger partial charge in [0.15, 0.2) is 5.75 Å². The number of hydrogen-bond donors (Lipinski definition) is 6. The third-order valence-corrected chi connectivity index (χ3v) is 8.62. The molecule has 0 saturated heterocycles. The van der Waals surface area contributed by atoms with Crippen molar-refractivity contribution in [2.45, 2.75) is 28.5 Å². The summed E-state index contributed by atoms with van der Waals surface area (Å²) in [7, 11) is -14.6. The first-order chi connectivity index (χ1) is 19.8. The van der Waals surface area contributed by atoms with Crippen LogP contribution >= 0.6 is 0 Å². The standard InChI is InChI=1S/C24H22N6O10S3/c1-11-3-5-15(17(7-11)41(32,33)34)27-29-22-12(2)8-13-9-19(43(38,39)40)23(21(26)20(13)24(22)31)30-28-16-6-4-14(25)10-18(16)42(35,36)37/h3-10,31H,25-26H2,1-2H3,(H,32,33,34)(H,35,36,37)(H,38,39,40). The van der Waals surface area contributed by atoms with Crippen LogP contribution in [0.25, 0.3) is 10.8 Å². The third kappa shape index (κ3) is 6.45. The number of fused-ring (bicyclic) bond motifs is 1. The molecule has 43 heavy (non-hydrogen) atoms. The van der Waals surface area contributed by atoms with E-state index >= 15 is 0 Å². The van der Waals surface area contributed by atoms with Gasteiger partial charge in [-0.2, -0.15) is 25.3 Å². The summed E-state index contributed by atoms with van der Waals surface area (Å²) in [5, 5.41) is 26.1. The van der Waals surface area contributed by atoms with E-state index in [1.165, 1.54) is 31.2 Å². The van der Waals surface area contributed by atoms with Gasteiger partial charge in [0.2, 0.25) is 0 Å². The molecule has 0 aromatic heterocycles. The Morgan fingerprint density at radius 1 is 0.628 bits per heavy atom. The zero-order valence-electron chi connectivity index (χ0n) is 22.0. The molecule has 0 heterocycles. The Kier molecular flexibility index (Phi) is 8.00. The molecule has 0 aliphatic heterocycles. The summed E-state index contributed by atoms with van der Waals surface area (Å²) in [5.74, 6) is -0.652. The molecule has 0 unspecified atom stereocenters. The molecule has 0 bridgehead atoms. The van der Waals surface area contributed by atoms with Gasteiger partial charge in [0, 0.05) is 5.69 Å². The monoisotopic (exact) mass is 650 g/mol. The van der Waals surface area contributed by atoms with E-state index in [4.69, 9.17) is 11.5 Å². The van der Waals surface area contributed by atoms with Crippen LogP contribution in [0.5, 0.6) is 5.75 Å². The van der Waals surface area contributed by atoms with Crippen LogP contribution in [0.15, 0.2) is 83.7 Å². The van der Waals surface area contributed by atoms with Gasteiger partial charge in [-0.15, -0.1) is 20.5 Å². The summed E-state index contributed by atoms with van der Waals surface area (Å²) in [6, 6.07) is 9.38. The van der Waals surface area contributed by atoms with Crippen molar-refractivity contribution in [1.29, 1.82) is 0 Å². The van der Waals surface area contributed by atoms with Gasteiger partial charge in [0.1, 0.15) is 37.4 Å². The van der Waals surface area contributed by atoms with E-state index < -0.39 is 67.9 Å². The maximum atomic E-state index is 12.2. The fraction of sp³-hybridized carbons (Fsp3) is 0.0833. The lowest BCUT2D eigenvalue weighted by atomic mass is 10.0. The molecule has 4 aromatic carbocycles. The van der Waals surface area contributed by atoms with Gasteiger partial charge in [0.25, 0.3) is 30.4 Å². The Bertz CT molecular complexity index is 2220. The lowest BCUT2D eigenvalue weighted by molar-refractivity contribution is 0.480. The van der Waals surface area contributed by atoms with Crippen molar-refractivity contribution in [2.75, 3.05) is 11.5 Å². The van der Waals surface area contributed by atoms with Gasteiger partial charge in [-0.1, -0.05) is 6.07 Å². The zero-order valence-corrected chi connectivity index (χ0v) is 24.5. The fourth-order valence-corrected chi connectivity index (χ4v) is 6.07. The number of hydrogen-bond acceptors (Lipinski definition) is 13. The number of aromatic hydroxyl groups is 1. The smallest absolute Gasteiger partial charge is 0.296 e. The average Bonchev–Trinajstić information content (AvgIpc) is 2.87. The van der Waals surface area contributed by atoms with Gasteiger partial charge in [-0.25, -0.2) is 0 Å². The van der Waals surface area contributed by atoms with Gasteiger partial charge in [0.05, 0.1) is 11.1 Å². The number of nitrogen functional groups attached to an aromatic ring is 2. The summed E-state index contributed by atoms with van der Waals surface area (Å²) in [4.78, 5) is -2.15. The molecule has 8 N–H and O–H groups in total. The molecule has 4 rings (SSSR count). The predicted octanol–water partition coefficient (Wildman–Crippen LogP) is 4.90. The van der Waals surface area contributed by atoms with Crippen molar-refractivity contribution in [3.63, 3.8) is 0 Å². The highest BCUT2D eigenvalue weighted by Gasteiger charge is 2.25. The van der Waals surface area contributed by atoms with Gasteiger partial charge in [-0.05, 0) is 72.8 Å². The molecule has 0 radical (unpaired) electrons. The Hall–Kier alpha value is -4.53. The molecule has 0 atom stereocenters. The average molecular weight is 651 g/mol. The molecule has 0 aliphatic carbocycles. The van der Waals surface area contributed by atoms with Crippen molar-refractivity contribution in [3.05, 3.63) is 59.7 Å². The molecular weight excluding hydrogens is 628 g/mol. The SMILES string of the molecule is Cc1ccc(N=Nc2c(C)cc3cc(S(=O)(=O)O)c(N=Nc4ccc(N)cc4S(=O)(=O)O)c(N)c3c2O)c(S(=O)(=O)O)c1. The Morgan fingerprint density at radius 2 is 1.14 bits per heavy atom. The normalized spacial score (nSPS) is 13.0. The summed E-state index contributed by atoms with van der Waals surface area (Å²) in [6.45, 7) is 3.05. The number of aryl methyl sites for hydroxylation is 2. The van der Waals surface area contributed by atoms with Gasteiger partial charge >= 0.3 is 0 Å². The Morgan fingerprint density at radius 3 is 1.70 bits per heavy atom. The van der Waals surface area contributed by atoms with E-state index in [1.807, 2.05) is 0 Å². The number of nitrogens with two attached hydrogens (primary N) is 2. The minimum atomic E-state index is -5.03. The molecule has 0 spiro atoms. The number of phenolic OH excluding ortho intramolecular Hbond substituents is 1. The van der Waals surface area contributed by atoms with Gasteiger partial charge in [-0.3, -0.25) is 13.7 Å². The van der Waals surface area contributed by atoms with Crippen LogP contribution in [0.4, 0.5) is 34.1 Å². The van der Waals surface area contributed by atoms with Crippen LogP contribution in [-0.2, 0) is 30.4 Å². The minimum Gasteiger partial charge on any atom is -0.505 e. The lowest BCUT2D eigenvalue weighted by Gasteiger charge is -2.14. The molecule has 226 valence electrons. The van der Waals surface area contributed by atoms with E-state index in [1.54, 1.807) is 6.92 Å². The van der Waals surface area contributed by atoms with Crippen LogP contribution < -0.4 is 11.5 Å². The number of anilines is 2. The predicted molar refractivity (Wildman–Crippen MR) is 155 cm³/mol. The maximum Gasteiger partial charge on any atom is 0.296 e. The Labute approximate surface area is 244 Å². The van der Waals surface area contributed by atoms with E-state index in [0.29, 0.717) is 5.56 Å². The molecule has 16 nitrogen and oxygen atoms in total. The topological polar surface area (TPSA) is 285 Å². The fourth-order valence-electron chi connectivity index (χ4n) is 4.04. The maximum absolute atomic E-state index is 12.2. The zero-order chi connectivity index (χ0) is 32.1. The number of rotatable bonds is 7. The minimum absolute atomic E-state index is 0.00176. The van der Waals surface area contributed by atoms with Crippen LogP contribution in [0, 0.1) is 13.8 Å². The molecule has 4 aromatic rings. The molecule has 0 saturated carbocycles. The number of benzene rings is 4. The first-order valence-electron chi connectivity index (χ1n) is 11.6. The quantitative estimate of drug-likeness (QED) is 0.0884. The third-order valence-electron chi connectivity index (χ3n) is 5.99. The number of phenols is 1. The van der Waals surface area contributed by atoms with E-state index in [0.717, 1.165) is 24.3 Å². The van der Waals surface area contributed by atoms with Crippen LogP contribution in [0.3, 0.4) is 0 Å². The summed E-state index contributed by atoms with van der Waals surface area (Å²) in [6.07, 6.45) is 0. The molecule has 0 amide bonds. The van der Waals surface area contributed by atoms with Gasteiger partial charge < -0.3 is 16.6 Å². The first kappa shape index (κ1) is 31.4. The highest BCUT2D eigenvalue weighted by atomic mass is 32.2. The van der Waals surface area contributed by atoms with E-state index in [2.05, 4.69) is 20.5 Å². The van der Waals surface area contributed by atoms with E-state index in [9.17, 15) is 44.0 Å². The molecular formula is C24H22N6O10S3. The molecule has 19 heteroatoms. The van der Waals surface area contributed by atoms with Crippen LogP contribution in [-0.4, -0.2) is 44.0 Å². The van der Waals surface area contributed by atoms with Crippen molar-refractivity contribution in [2.24, 2.45) is 20.5 Å². The largest absolute Gasteiger partial charge is 0.505 e. The Balaban J connectivity index is 1.97. The second-order valence-electron chi connectivity index (χ2n) is 9.15. The van der Waals surface area contributed by atoms with Crippen molar-refractivity contribution >= 4 is 75.3 Å². The van der Waals surface area contributed by atoms with E-state index in [-0.39, 0.29) is 33.4 Å². The number of nitrogens with zero attached hydrogens (tertiary/aromatic N) is 4. The summed E-state index contributed by atoms with van der Waals surface area (Å²) < 4.78 is 101. The van der Waals surface area contributed by atoms with Crippen LogP contribution in [0.1, 0.15) is 11.1 Å². The van der Waals surface area contributed by atoms with Crippen molar-refractivity contribution in [1.82, 2.24) is 0 Å². The summed E-state index contributed by atoms with van der Waals surface area (Å²) >= 11 is 0. The molecule has 0 aliphatic rings. The van der Waals surface area contributed by atoms with Crippen molar-refractivity contribution < 1.29 is 44.0 Å².